The van der Waals surface area contributed by atoms with Crippen molar-refractivity contribution in [1.29, 1.82) is 0 Å². The highest BCUT2D eigenvalue weighted by molar-refractivity contribution is 5.82. The molecule has 0 radical (unpaired) electrons. The summed E-state index contributed by atoms with van der Waals surface area (Å²) < 4.78 is 0. The Balaban J connectivity index is 0.000000214. The number of hydrogen-bond donors (Lipinski definition) is 0. The first-order valence-electron chi connectivity index (χ1n) is 19.9. The minimum atomic E-state index is 0.640. The molecule has 0 N–H and O–H groups in total. The normalized spacial score (nSPS) is 10.7. The van der Waals surface area contributed by atoms with E-state index in [0.717, 1.165) is 78.1 Å². The van der Waals surface area contributed by atoms with Crippen LogP contribution >= 0.6 is 0 Å². The summed E-state index contributed by atoms with van der Waals surface area (Å²) in [6.45, 7) is 0. The quantitative estimate of drug-likeness (QED) is 0.154. The lowest BCUT2D eigenvalue weighted by Gasteiger charge is -2.12. The molecule has 60 heavy (non-hydrogen) atoms. The van der Waals surface area contributed by atoms with Gasteiger partial charge in [0.05, 0.1) is 11.4 Å². The van der Waals surface area contributed by atoms with Gasteiger partial charge >= 0.3 is 0 Å². The Kier molecular flexibility index (Phi) is 11.2. The number of nitrogens with zero attached hydrogens (tertiary/aromatic N) is 5. The highest BCUT2D eigenvalue weighted by Crippen LogP contribution is 2.34. The van der Waals surface area contributed by atoms with Gasteiger partial charge in [-0.25, -0.2) is 24.9 Å². The highest BCUT2D eigenvalue weighted by atomic mass is 15.0. The van der Waals surface area contributed by atoms with Crippen LogP contribution in [-0.4, -0.2) is 24.9 Å². The molecule has 0 fully saturated rings. The second-order valence-electron chi connectivity index (χ2n) is 14.2. The SMILES string of the molecule is c1ccc(-c2cc(-c3ccccc3)cc(-c3ncnc(-c4cc(-c5ccccc5)cc(-c5ccccc5)c4)n3)c2)cc1.c1ccc(-c2cc(-c3ccccc3)ncn2)cc1. The summed E-state index contributed by atoms with van der Waals surface area (Å²) in [6, 6.07) is 77.1. The first-order chi connectivity index (χ1) is 29.7. The molecule has 0 spiro atoms. The van der Waals surface area contributed by atoms with E-state index in [2.05, 4.69) is 178 Å². The van der Waals surface area contributed by atoms with Gasteiger partial charge in [0, 0.05) is 22.3 Å². The Morgan fingerprint density at radius 1 is 0.200 bits per heavy atom. The van der Waals surface area contributed by atoms with E-state index >= 15 is 0 Å². The summed E-state index contributed by atoms with van der Waals surface area (Å²) in [5.41, 5.74) is 15.1. The molecule has 0 amide bonds. The average molecular weight is 770 g/mol. The van der Waals surface area contributed by atoms with E-state index in [4.69, 9.17) is 4.98 Å². The molecule has 10 rings (SSSR count). The van der Waals surface area contributed by atoms with Crippen LogP contribution in [0.15, 0.2) is 237 Å². The molecule has 0 saturated heterocycles. The van der Waals surface area contributed by atoms with E-state index in [-0.39, 0.29) is 0 Å². The lowest BCUT2D eigenvalue weighted by Crippen LogP contribution is -1.97. The minimum Gasteiger partial charge on any atom is -0.236 e. The van der Waals surface area contributed by atoms with Crippen molar-refractivity contribution < 1.29 is 0 Å². The summed E-state index contributed by atoms with van der Waals surface area (Å²) in [5, 5.41) is 0. The molecule has 8 aromatic carbocycles. The zero-order valence-corrected chi connectivity index (χ0v) is 32.8. The summed E-state index contributed by atoms with van der Waals surface area (Å²) in [4.78, 5) is 23.0. The van der Waals surface area contributed by atoms with Crippen LogP contribution in [0.5, 0.6) is 0 Å². The van der Waals surface area contributed by atoms with Gasteiger partial charge in [-0.05, 0) is 87.0 Å². The van der Waals surface area contributed by atoms with E-state index in [1.807, 2.05) is 66.7 Å². The molecule has 0 aliphatic heterocycles. The average Bonchev–Trinajstić information content (AvgIpc) is 3.35. The fourth-order valence-electron chi connectivity index (χ4n) is 7.17. The van der Waals surface area contributed by atoms with Crippen molar-refractivity contribution in [2.45, 2.75) is 0 Å². The maximum absolute atomic E-state index is 5.03. The van der Waals surface area contributed by atoms with Crippen molar-refractivity contribution in [2.24, 2.45) is 0 Å². The van der Waals surface area contributed by atoms with Crippen LogP contribution in [0.4, 0.5) is 0 Å². The molecule has 0 unspecified atom stereocenters. The standard InChI is InChI=1S/C39H27N3.C16H12N2/c1-5-13-28(14-6-1)32-21-33(29-15-7-2-8-16-29)24-36(23-32)38-40-27-41-39(42-38)37-25-34(30-17-9-3-10-18-30)22-35(26-37)31-19-11-4-12-20-31;1-3-7-13(8-4-1)15-11-16(18-12-17-15)14-9-5-2-6-10-14/h1-27H;1-12H. The largest absolute Gasteiger partial charge is 0.236 e. The molecular formula is C55H39N5. The minimum absolute atomic E-state index is 0.640. The Bertz CT molecular complexity index is 2630. The van der Waals surface area contributed by atoms with Gasteiger partial charge in [0.2, 0.25) is 0 Å². The molecule has 0 aliphatic rings. The zero-order chi connectivity index (χ0) is 40.4. The lowest BCUT2D eigenvalue weighted by atomic mass is 9.95. The summed E-state index contributed by atoms with van der Waals surface area (Å²) >= 11 is 0. The van der Waals surface area contributed by atoms with E-state index in [1.54, 1.807) is 12.7 Å². The van der Waals surface area contributed by atoms with Gasteiger partial charge in [-0.15, -0.1) is 0 Å². The van der Waals surface area contributed by atoms with Gasteiger partial charge in [-0.3, -0.25) is 0 Å². The third-order valence-electron chi connectivity index (χ3n) is 10.2. The third kappa shape index (κ3) is 8.86. The highest BCUT2D eigenvalue weighted by Gasteiger charge is 2.14. The molecule has 0 atom stereocenters. The fraction of sp³-hybridized carbons (Fsp3) is 0. The maximum Gasteiger partial charge on any atom is 0.163 e. The van der Waals surface area contributed by atoms with Crippen molar-refractivity contribution >= 4 is 0 Å². The first-order valence-corrected chi connectivity index (χ1v) is 19.9. The van der Waals surface area contributed by atoms with E-state index in [0.29, 0.717) is 11.6 Å². The van der Waals surface area contributed by atoms with Crippen molar-refractivity contribution in [1.82, 2.24) is 24.9 Å². The Morgan fingerprint density at radius 3 is 0.750 bits per heavy atom. The molecule has 10 aromatic rings. The van der Waals surface area contributed by atoms with Crippen LogP contribution in [0.3, 0.4) is 0 Å². The van der Waals surface area contributed by atoms with Crippen LogP contribution in [-0.2, 0) is 0 Å². The second-order valence-corrected chi connectivity index (χ2v) is 14.2. The molecule has 0 aliphatic carbocycles. The van der Waals surface area contributed by atoms with Crippen molar-refractivity contribution in [3.8, 4) is 89.8 Å². The molecule has 284 valence electrons. The predicted octanol–water partition coefficient (Wildman–Crippen LogP) is 13.7. The van der Waals surface area contributed by atoms with Crippen LogP contribution < -0.4 is 0 Å². The van der Waals surface area contributed by atoms with Gasteiger partial charge in [0.15, 0.2) is 11.6 Å². The monoisotopic (exact) mass is 769 g/mol. The van der Waals surface area contributed by atoms with Crippen LogP contribution in [0, 0.1) is 0 Å². The van der Waals surface area contributed by atoms with Crippen LogP contribution in [0.1, 0.15) is 0 Å². The van der Waals surface area contributed by atoms with Crippen molar-refractivity contribution in [3.63, 3.8) is 0 Å². The van der Waals surface area contributed by atoms with Crippen LogP contribution in [0.2, 0.25) is 0 Å². The predicted molar refractivity (Wildman–Crippen MR) is 245 cm³/mol. The molecular weight excluding hydrogens is 731 g/mol. The molecule has 5 heteroatoms. The molecule has 2 heterocycles. The van der Waals surface area contributed by atoms with E-state index < -0.39 is 0 Å². The Labute approximate surface area is 350 Å². The fourth-order valence-corrected chi connectivity index (χ4v) is 7.17. The Morgan fingerprint density at radius 2 is 0.450 bits per heavy atom. The summed E-state index contributed by atoms with van der Waals surface area (Å²) in [6.07, 6.45) is 3.23. The molecule has 0 saturated carbocycles. The van der Waals surface area contributed by atoms with Gasteiger partial charge in [-0.1, -0.05) is 182 Å². The lowest BCUT2D eigenvalue weighted by molar-refractivity contribution is 1.07. The molecule has 2 aromatic heterocycles. The number of benzene rings is 8. The third-order valence-corrected chi connectivity index (χ3v) is 10.2. The number of aromatic nitrogens is 5. The van der Waals surface area contributed by atoms with E-state index in [9.17, 15) is 0 Å². The topological polar surface area (TPSA) is 64.5 Å². The summed E-state index contributed by atoms with van der Waals surface area (Å²) in [5.74, 6) is 1.28. The van der Waals surface area contributed by atoms with Crippen molar-refractivity contribution in [3.05, 3.63) is 237 Å². The second kappa shape index (κ2) is 18.0. The first kappa shape index (κ1) is 37.4. The maximum atomic E-state index is 5.03. The van der Waals surface area contributed by atoms with Gasteiger partial charge in [-0.2, -0.15) is 0 Å². The zero-order valence-electron chi connectivity index (χ0n) is 32.8. The number of hydrogen-bond acceptors (Lipinski definition) is 5. The molecule has 0 bridgehead atoms. The van der Waals surface area contributed by atoms with Crippen LogP contribution in [0.25, 0.3) is 89.8 Å². The van der Waals surface area contributed by atoms with Gasteiger partial charge in [0.25, 0.3) is 0 Å². The van der Waals surface area contributed by atoms with Gasteiger partial charge < -0.3 is 0 Å². The molecule has 5 nitrogen and oxygen atoms in total. The van der Waals surface area contributed by atoms with E-state index in [1.165, 1.54) is 0 Å². The van der Waals surface area contributed by atoms with Crippen molar-refractivity contribution in [2.75, 3.05) is 0 Å². The smallest absolute Gasteiger partial charge is 0.163 e. The number of rotatable bonds is 8. The summed E-state index contributed by atoms with van der Waals surface area (Å²) in [7, 11) is 0. The Hall–Kier alpha value is -8.15. The van der Waals surface area contributed by atoms with Gasteiger partial charge in [0.1, 0.15) is 12.7 Å².